The van der Waals surface area contributed by atoms with Gasteiger partial charge in [-0.25, -0.2) is 4.79 Å². The Morgan fingerprint density at radius 1 is 1.31 bits per heavy atom. The van der Waals surface area contributed by atoms with E-state index in [1.165, 1.54) is 12.1 Å². The number of non-ortho nitro benzene ring substituents is 1. The van der Waals surface area contributed by atoms with Crippen molar-refractivity contribution in [2.45, 2.75) is 19.4 Å². The van der Waals surface area contributed by atoms with Crippen molar-refractivity contribution in [3.8, 4) is 5.75 Å². The summed E-state index contributed by atoms with van der Waals surface area (Å²) in [6.07, 6.45) is 0.858. The van der Waals surface area contributed by atoms with Crippen LogP contribution in [0.4, 0.5) is 10.5 Å². The maximum atomic E-state index is 12.1. The summed E-state index contributed by atoms with van der Waals surface area (Å²) in [6.45, 7) is 2.86. The minimum absolute atomic E-state index is 0.00887. The summed E-state index contributed by atoms with van der Waals surface area (Å²) in [5.41, 5.74) is 1.84. The average Bonchev–Trinajstić information content (AvgIpc) is 2.66. The molecule has 2 amide bonds. The Bertz CT molecular complexity index is 809. The molecule has 1 aliphatic heterocycles. The third-order valence-electron chi connectivity index (χ3n) is 4.44. The Kier molecular flexibility index (Phi) is 5.36. The highest BCUT2D eigenvalue weighted by atomic mass is 16.6. The first kappa shape index (κ1) is 17.7. The first-order chi connectivity index (χ1) is 12.5. The molecule has 136 valence electrons. The lowest BCUT2D eigenvalue weighted by Gasteiger charge is -2.25. The van der Waals surface area contributed by atoms with Crippen molar-refractivity contribution in [2.75, 3.05) is 13.2 Å². The maximum Gasteiger partial charge on any atom is 0.315 e. The molecule has 0 radical (unpaired) electrons. The molecular weight excluding hydrogens is 334 g/mol. The zero-order chi connectivity index (χ0) is 18.5. The molecular formula is C19H21N3O4. The summed E-state index contributed by atoms with van der Waals surface area (Å²) in [5.74, 6) is 1.12. The van der Waals surface area contributed by atoms with Crippen LogP contribution in [-0.2, 0) is 6.42 Å². The van der Waals surface area contributed by atoms with Gasteiger partial charge in [-0.3, -0.25) is 10.1 Å². The normalized spacial score (nSPS) is 16.7. The number of nitrogens with one attached hydrogen (secondary N) is 2. The number of nitrogens with zero attached hydrogens (tertiary/aromatic N) is 1. The van der Waals surface area contributed by atoms with Crippen molar-refractivity contribution >= 4 is 11.7 Å². The Balaban J connectivity index is 1.50. The lowest BCUT2D eigenvalue weighted by atomic mass is 9.97. The van der Waals surface area contributed by atoms with E-state index >= 15 is 0 Å². The van der Waals surface area contributed by atoms with Gasteiger partial charge in [-0.15, -0.1) is 0 Å². The highest BCUT2D eigenvalue weighted by Crippen LogP contribution is 2.26. The summed E-state index contributed by atoms with van der Waals surface area (Å²) in [4.78, 5) is 22.5. The van der Waals surface area contributed by atoms with Gasteiger partial charge in [0.15, 0.2) is 0 Å². The molecule has 2 N–H and O–H groups in total. The number of benzene rings is 2. The fourth-order valence-electron chi connectivity index (χ4n) is 3.00. The Labute approximate surface area is 151 Å². The van der Waals surface area contributed by atoms with Crippen molar-refractivity contribution in [1.29, 1.82) is 0 Å². The topological polar surface area (TPSA) is 93.5 Å². The van der Waals surface area contributed by atoms with Crippen molar-refractivity contribution in [3.63, 3.8) is 0 Å². The van der Waals surface area contributed by atoms with E-state index in [9.17, 15) is 14.9 Å². The standard InChI is InChI=1S/C19H21N3O4/c1-13(15-6-4-7-17(10-15)22(24)25)21-19(23)20-11-14-9-16-5-2-3-8-18(16)26-12-14/h2-8,10,13-14H,9,11-12H2,1H3,(H2,20,21,23). The van der Waals surface area contributed by atoms with Gasteiger partial charge >= 0.3 is 6.03 Å². The predicted molar refractivity (Wildman–Crippen MR) is 97.2 cm³/mol. The minimum atomic E-state index is -0.447. The number of carbonyl (C=O) groups is 1. The number of fused-ring (bicyclic) bond motifs is 1. The van der Waals surface area contributed by atoms with Crippen LogP contribution in [0.1, 0.15) is 24.1 Å². The Morgan fingerprint density at radius 2 is 2.12 bits per heavy atom. The highest BCUT2D eigenvalue weighted by molar-refractivity contribution is 5.74. The van der Waals surface area contributed by atoms with Gasteiger partial charge in [-0.2, -0.15) is 0 Å². The van der Waals surface area contributed by atoms with E-state index in [1.54, 1.807) is 19.1 Å². The molecule has 1 heterocycles. The molecule has 2 aromatic rings. The van der Waals surface area contributed by atoms with Gasteiger partial charge in [-0.1, -0.05) is 30.3 Å². The summed E-state index contributed by atoms with van der Waals surface area (Å²) in [7, 11) is 0. The van der Waals surface area contributed by atoms with Crippen LogP contribution in [0.3, 0.4) is 0 Å². The number of nitro benzene ring substituents is 1. The van der Waals surface area contributed by atoms with Gasteiger partial charge in [0.1, 0.15) is 5.75 Å². The molecule has 0 saturated carbocycles. The molecule has 0 spiro atoms. The number of urea groups is 1. The molecule has 7 heteroatoms. The second-order valence-corrected chi connectivity index (χ2v) is 6.42. The van der Waals surface area contributed by atoms with Gasteiger partial charge in [-0.05, 0) is 30.5 Å². The number of amides is 2. The third kappa shape index (κ3) is 4.30. The average molecular weight is 355 g/mol. The fourth-order valence-corrected chi connectivity index (χ4v) is 3.00. The number of hydrogen-bond donors (Lipinski definition) is 2. The fraction of sp³-hybridized carbons (Fsp3) is 0.316. The summed E-state index contributed by atoms with van der Waals surface area (Å²) in [5, 5.41) is 16.5. The lowest BCUT2D eigenvalue weighted by molar-refractivity contribution is -0.384. The van der Waals surface area contributed by atoms with E-state index in [0.717, 1.165) is 17.7 Å². The van der Waals surface area contributed by atoms with Crippen LogP contribution in [0.25, 0.3) is 0 Å². The Morgan fingerprint density at radius 3 is 2.92 bits per heavy atom. The van der Waals surface area contributed by atoms with Gasteiger partial charge in [0, 0.05) is 24.6 Å². The van der Waals surface area contributed by atoms with Crippen molar-refractivity contribution in [2.24, 2.45) is 5.92 Å². The minimum Gasteiger partial charge on any atom is -0.493 e. The smallest absolute Gasteiger partial charge is 0.315 e. The van der Waals surface area contributed by atoms with Crippen LogP contribution in [0.15, 0.2) is 48.5 Å². The lowest BCUT2D eigenvalue weighted by Crippen LogP contribution is -2.41. The SMILES string of the molecule is CC(NC(=O)NCC1COc2ccccc2C1)c1cccc([N+](=O)[O-])c1. The van der Waals surface area contributed by atoms with Gasteiger partial charge in [0.2, 0.25) is 0 Å². The zero-order valence-corrected chi connectivity index (χ0v) is 14.5. The second kappa shape index (κ2) is 7.86. The van der Waals surface area contributed by atoms with E-state index in [4.69, 9.17) is 4.74 Å². The van der Waals surface area contributed by atoms with E-state index in [0.29, 0.717) is 18.7 Å². The molecule has 2 aromatic carbocycles. The van der Waals surface area contributed by atoms with Crippen molar-refractivity contribution in [1.82, 2.24) is 10.6 Å². The summed E-state index contributed by atoms with van der Waals surface area (Å²) < 4.78 is 5.72. The number of ether oxygens (including phenoxy) is 1. The second-order valence-electron chi connectivity index (χ2n) is 6.42. The van der Waals surface area contributed by atoms with Crippen molar-refractivity contribution < 1.29 is 14.5 Å². The molecule has 0 aromatic heterocycles. The summed E-state index contributed by atoms with van der Waals surface area (Å²) >= 11 is 0. The molecule has 1 aliphatic rings. The number of para-hydroxylation sites is 1. The number of rotatable bonds is 5. The van der Waals surface area contributed by atoms with E-state index in [-0.39, 0.29) is 23.7 Å². The van der Waals surface area contributed by atoms with Crippen LogP contribution >= 0.6 is 0 Å². The van der Waals surface area contributed by atoms with Gasteiger partial charge in [0.25, 0.3) is 5.69 Å². The Hall–Kier alpha value is -3.09. The molecule has 2 unspecified atom stereocenters. The monoisotopic (exact) mass is 355 g/mol. The molecule has 0 bridgehead atoms. The molecule has 7 nitrogen and oxygen atoms in total. The highest BCUT2D eigenvalue weighted by Gasteiger charge is 2.20. The van der Waals surface area contributed by atoms with E-state index < -0.39 is 4.92 Å². The van der Waals surface area contributed by atoms with E-state index in [1.807, 2.05) is 24.3 Å². The van der Waals surface area contributed by atoms with Crippen LogP contribution in [0, 0.1) is 16.0 Å². The van der Waals surface area contributed by atoms with Crippen LogP contribution in [0.2, 0.25) is 0 Å². The molecule has 0 aliphatic carbocycles. The van der Waals surface area contributed by atoms with Crippen LogP contribution < -0.4 is 15.4 Å². The number of carbonyl (C=O) groups excluding carboxylic acids is 1. The van der Waals surface area contributed by atoms with Crippen LogP contribution in [-0.4, -0.2) is 24.1 Å². The maximum absolute atomic E-state index is 12.1. The molecule has 26 heavy (non-hydrogen) atoms. The number of hydrogen-bond acceptors (Lipinski definition) is 4. The van der Waals surface area contributed by atoms with Crippen molar-refractivity contribution in [3.05, 3.63) is 69.8 Å². The zero-order valence-electron chi connectivity index (χ0n) is 14.5. The largest absolute Gasteiger partial charge is 0.493 e. The third-order valence-corrected chi connectivity index (χ3v) is 4.44. The summed E-state index contributed by atoms with van der Waals surface area (Å²) in [6, 6.07) is 13.5. The van der Waals surface area contributed by atoms with Gasteiger partial charge < -0.3 is 15.4 Å². The quantitative estimate of drug-likeness (QED) is 0.636. The molecule has 3 rings (SSSR count). The first-order valence-electron chi connectivity index (χ1n) is 8.52. The van der Waals surface area contributed by atoms with Gasteiger partial charge in [0.05, 0.1) is 17.6 Å². The molecule has 2 atom stereocenters. The molecule has 0 fully saturated rings. The number of nitro groups is 1. The van der Waals surface area contributed by atoms with Crippen LogP contribution in [0.5, 0.6) is 5.75 Å². The first-order valence-corrected chi connectivity index (χ1v) is 8.52. The predicted octanol–water partition coefficient (Wildman–Crippen LogP) is 3.21. The van der Waals surface area contributed by atoms with E-state index in [2.05, 4.69) is 10.6 Å². The molecule has 0 saturated heterocycles.